The van der Waals surface area contributed by atoms with E-state index in [1.54, 1.807) is 18.4 Å². The van der Waals surface area contributed by atoms with E-state index in [2.05, 4.69) is 40.6 Å². The van der Waals surface area contributed by atoms with Gasteiger partial charge < -0.3 is 10.5 Å². The molecule has 1 aliphatic rings. The Bertz CT molecular complexity index is 560. The summed E-state index contributed by atoms with van der Waals surface area (Å²) in [7, 11) is 1.73. The van der Waals surface area contributed by atoms with Crippen LogP contribution in [0.5, 0.6) is 5.75 Å². The molecule has 21 heavy (non-hydrogen) atoms. The molecule has 0 spiro atoms. The molecule has 1 saturated heterocycles. The van der Waals surface area contributed by atoms with Crippen LogP contribution in [0.15, 0.2) is 41.8 Å². The number of benzene rings is 1. The van der Waals surface area contributed by atoms with E-state index in [0.29, 0.717) is 5.92 Å². The molecule has 2 aromatic rings. The van der Waals surface area contributed by atoms with Crippen molar-refractivity contribution in [1.82, 2.24) is 4.90 Å². The summed E-state index contributed by atoms with van der Waals surface area (Å²) in [5.41, 5.74) is 7.68. The highest BCUT2D eigenvalue weighted by Crippen LogP contribution is 2.31. The molecule has 3 rings (SSSR count). The topological polar surface area (TPSA) is 38.5 Å². The monoisotopic (exact) mass is 324 g/mol. The van der Waals surface area contributed by atoms with Gasteiger partial charge in [-0.05, 0) is 17.0 Å². The van der Waals surface area contributed by atoms with Crippen molar-refractivity contribution >= 4 is 23.7 Å². The van der Waals surface area contributed by atoms with E-state index >= 15 is 0 Å². The molecule has 0 unspecified atom stereocenters. The zero-order chi connectivity index (χ0) is 13.9. The number of rotatable bonds is 4. The zero-order valence-corrected chi connectivity index (χ0v) is 13.7. The van der Waals surface area contributed by atoms with Gasteiger partial charge in [0.2, 0.25) is 0 Å². The molecule has 2 N–H and O–H groups in total. The van der Waals surface area contributed by atoms with Crippen molar-refractivity contribution in [2.45, 2.75) is 18.5 Å². The molecule has 0 radical (unpaired) electrons. The van der Waals surface area contributed by atoms with Crippen molar-refractivity contribution in [3.05, 3.63) is 52.2 Å². The maximum absolute atomic E-state index is 6.33. The number of halogens is 1. The fraction of sp³-hybridized carbons (Fsp3) is 0.375. The van der Waals surface area contributed by atoms with Gasteiger partial charge in [-0.15, -0.1) is 23.7 Å². The first kappa shape index (κ1) is 16.3. The van der Waals surface area contributed by atoms with Gasteiger partial charge in [0, 0.05) is 31.6 Å². The number of ether oxygens (including phenoxy) is 1. The Hall–Kier alpha value is -1.07. The van der Waals surface area contributed by atoms with Gasteiger partial charge in [-0.25, -0.2) is 0 Å². The van der Waals surface area contributed by atoms with E-state index in [1.165, 1.54) is 10.4 Å². The molecule has 0 saturated carbocycles. The first-order valence-corrected chi connectivity index (χ1v) is 7.79. The van der Waals surface area contributed by atoms with Crippen LogP contribution in [0.4, 0.5) is 0 Å². The highest BCUT2D eigenvalue weighted by Gasteiger charge is 2.31. The Morgan fingerprint density at radius 2 is 2.00 bits per heavy atom. The predicted molar refractivity (Wildman–Crippen MR) is 90.6 cm³/mol. The molecule has 0 amide bonds. The SMILES string of the molecule is COc1ccsc1CN1C[C@@H](N)[C@H](c2ccccc2)C1.Cl. The second kappa shape index (κ2) is 7.27. The van der Waals surface area contributed by atoms with E-state index in [1.807, 2.05) is 6.07 Å². The molecule has 1 aliphatic heterocycles. The van der Waals surface area contributed by atoms with E-state index < -0.39 is 0 Å². The predicted octanol–water partition coefficient (Wildman–Crippen LogP) is 3.11. The molecule has 0 aliphatic carbocycles. The lowest BCUT2D eigenvalue weighted by Crippen LogP contribution is -2.28. The lowest BCUT2D eigenvalue weighted by atomic mass is 9.95. The third kappa shape index (κ3) is 3.58. The fourth-order valence-corrected chi connectivity index (χ4v) is 3.81. The Labute approximate surface area is 136 Å². The minimum absolute atomic E-state index is 0. The summed E-state index contributed by atoms with van der Waals surface area (Å²) in [5.74, 6) is 1.42. The van der Waals surface area contributed by atoms with Gasteiger partial charge in [0.15, 0.2) is 0 Å². The van der Waals surface area contributed by atoms with E-state index in [-0.39, 0.29) is 18.4 Å². The van der Waals surface area contributed by atoms with Gasteiger partial charge in [0.25, 0.3) is 0 Å². The van der Waals surface area contributed by atoms with E-state index in [9.17, 15) is 0 Å². The highest BCUT2D eigenvalue weighted by molar-refractivity contribution is 7.10. The quantitative estimate of drug-likeness (QED) is 0.939. The molecule has 5 heteroatoms. The number of hydrogen-bond donors (Lipinski definition) is 1. The molecule has 3 nitrogen and oxygen atoms in total. The van der Waals surface area contributed by atoms with Crippen LogP contribution in [-0.4, -0.2) is 31.1 Å². The summed E-state index contributed by atoms with van der Waals surface area (Å²) in [6.07, 6.45) is 0. The van der Waals surface area contributed by atoms with Crippen molar-refractivity contribution in [2.24, 2.45) is 5.73 Å². The van der Waals surface area contributed by atoms with Gasteiger partial charge in [0.05, 0.1) is 12.0 Å². The Kier molecular flexibility index (Phi) is 5.65. The normalized spacial score (nSPS) is 22.0. The second-order valence-corrected chi connectivity index (χ2v) is 6.29. The Balaban J connectivity index is 0.00000161. The van der Waals surface area contributed by atoms with Gasteiger partial charge in [0.1, 0.15) is 5.75 Å². The average molecular weight is 325 g/mol. The first-order valence-electron chi connectivity index (χ1n) is 6.91. The van der Waals surface area contributed by atoms with Crippen LogP contribution in [0.25, 0.3) is 0 Å². The van der Waals surface area contributed by atoms with Crippen LogP contribution in [0.3, 0.4) is 0 Å². The first-order chi connectivity index (χ1) is 9.78. The van der Waals surface area contributed by atoms with E-state index in [4.69, 9.17) is 10.5 Å². The summed E-state index contributed by atoms with van der Waals surface area (Å²) in [4.78, 5) is 3.71. The third-order valence-electron chi connectivity index (χ3n) is 3.96. The lowest BCUT2D eigenvalue weighted by molar-refractivity contribution is 0.318. The van der Waals surface area contributed by atoms with Gasteiger partial charge in [-0.3, -0.25) is 4.90 Å². The van der Waals surface area contributed by atoms with Gasteiger partial charge in [-0.1, -0.05) is 30.3 Å². The van der Waals surface area contributed by atoms with Crippen LogP contribution in [0.1, 0.15) is 16.4 Å². The van der Waals surface area contributed by atoms with Crippen LogP contribution in [0.2, 0.25) is 0 Å². The number of nitrogens with zero attached hydrogens (tertiary/aromatic N) is 1. The summed E-state index contributed by atoms with van der Waals surface area (Å²) in [6.45, 7) is 2.89. The number of hydrogen-bond acceptors (Lipinski definition) is 4. The molecule has 1 aromatic heterocycles. The lowest BCUT2D eigenvalue weighted by Gasteiger charge is -2.16. The minimum atomic E-state index is 0. The average Bonchev–Trinajstić information content (AvgIpc) is 3.06. The van der Waals surface area contributed by atoms with Crippen molar-refractivity contribution < 1.29 is 4.74 Å². The number of methoxy groups -OCH3 is 1. The van der Waals surface area contributed by atoms with Crippen LogP contribution < -0.4 is 10.5 Å². The summed E-state index contributed by atoms with van der Waals surface area (Å²) < 4.78 is 5.39. The Morgan fingerprint density at radius 3 is 2.71 bits per heavy atom. The van der Waals surface area contributed by atoms with Gasteiger partial charge in [-0.2, -0.15) is 0 Å². The van der Waals surface area contributed by atoms with Crippen LogP contribution in [-0.2, 0) is 6.54 Å². The van der Waals surface area contributed by atoms with E-state index in [0.717, 1.165) is 25.4 Å². The Morgan fingerprint density at radius 1 is 1.24 bits per heavy atom. The third-order valence-corrected chi connectivity index (χ3v) is 4.85. The van der Waals surface area contributed by atoms with Crippen LogP contribution in [0, 0.1) is 0 Å². The number of thiophene rings is 1. The highest BCUT2D eigenvalue weighted by atomic mass is 35.5. The molecule has 1 fully saturated rings. The zero-order valence-electron chi connectivity index (χ0n) is 12.1. The molecule has 1 aromatic carbocycles. The molecule has 114 valence electrons. The maximum atomic E-state index is 6.33. The summed E-state index contributed by atoms with van der Waals surface area (Å²) in [6, 6.07) is 12.8. The van der Waals surface area contributed by atoms with Crippen molar-refractivity contribution in [1.29, 1.82) is 0 Å². The van der Waals surface area contributed by atoms with Crippen molar-refractivity contribution in [2.75, 3.05) is 20.2 Å². The largest absolute Gasteiger partial charge is 0.496 e. The van der Waals surface area contributed by atoms with Crippen molar-refractivity contribution in [3.63, 3.8) is 0 Å². The van der Waals surface area contributed by atoms with Gasteiger partial charge >= 0.3 is 0 Å². The summed E-state index contributed by atoms with van der Waals surface area (Å²) >= 11 is 1.75. The molecule has 2 heterocycles. The molecular weight excluding hydrogens is 304 g/mol. The molecule has 0 bridgehead atoms. The van der Waals surface area contributed by atoms with Crippen LogP contribution >= 0.6 is 23.7 Å². The second-order valence-electron chi connectivity index (χ2n) is 5.29. The number of likely N-dealkylation sites (tertiary alicyclic amines) is 1. The molecular formula is C16H21ClN2OS. The fourth-order valence-electron chi connectivity index (χ4n) is 2.92. The maximum Gasteiger partial charge on any atom is 0.134 e. The summed E-state index contributed by atoms with van der Waals surface area (Å²) in [5, 5.41) is 2.08. The standard InChI is InChI=1S/C16H20N2OS.ClH/c1-19-15-7-8-20-16(15)11-18-9-13(14(17)10-18)12-5-3-2-4-6-12;/h2-8,13-14H,9-11,17H2,1H3;1H/t13-,14+;/m0./s1. The minimum Gasteiger partial charge on any atom is -0.496 e. The van der Waals surface area contributed by atoms with Crippen molar-refractivity contribution in [3.8, 4) is 5.75 Å². The molecule has 2 atom stereocenters. The smallest absolute Gasteiger partial charge is 0.134 e. The number of nitrogens with two attached hydrogens (primary N) is 1.